The number of benzene rings is 3. The van der Waals surface area contributed by atoms with Crippen molar-refractivity contribution in [2.24, 2.45) is 5.10 Å². The zero-order valence-electron chi connectivity index (χ0n) is 17.3. The first-order valence-electron chi connectivity index (χ1n) is 9.65. The van der Waals surface area contributed by atoms with E-state index in [9.17, 15) is 19.7 Å². The molecule has 0 fully saturated rings. The van der Waals surface area contributed by atoms with Gasteiger partial charge in [0.1, 0.15) is 5.75 Å². The molecule has 168 valence electrons. The molecule has 0 aromatic heterocycles. The summed E-state index contributed by atoms with van der Waals surface area (Å²) >= 11 is 3.34. The number of ether oxygens (including phenoxy) is 2. The quantitative estimate of drug-likeness (QED) is 0.156. The molecule has 3 aromatic carbocycles. The molecule has 9 nitrogen and oxygen atoms in total. The van der Waals surface area contributed by atoms with Crippen LogP contribution in [0, 0.1) is 10.1 Å². The van der Waals surface area contributed by atoms with Crippen LogP contribution in [0.25, 0.3) is 0 Å². The van der Waals surface area contributed by atoms with Crippen LogP contribution in [0.4, 0.5) is 5.69 Å². The van der Waals surface area contributed by atoms with Crippen molar-refractivity contribution in [2.45, 2.75) is 13.0 Å². The predicted molar refractivity (Wildman–Crippen MR) is 124 cm³/mol. The van der Waals surface area contributed by atoms with Crippen molar-refractivity contribution in [1.82, 2.24) is 5.43 Å². The van der Waals surface area contributed by atoms with Crippen molar-refractivity contribution in [2.75, 3.05) is 0 Å². The number of hydrogen-bond donors (Lipinski definition) is 1. The highest BCUT2D eigenvalue weighted by Crippen LogP contribution is 2.27. The van der Waals surface area contributed by atoms with Crippen molar-refractivity contribution in [3.8, 4) is 11.5 Å². The van der Waals surface area contributed by atoms with Gasteiger partial charge in [-0.15, -0.1) is 0 Å². The van der Waals surface area contributed by atoms with Crippen molar-refractivity contribution < 1.29 is 24.0 Å². The van der Waals surface area contributed by atoms with Gasteiger partial charge in [0.2, 0.25) is 0 Å². The Kier molecular flexibility index (Phi) is 7.87. The van der Waals surface area contributed by atoms with E-state index in [1.165, 1.54) is 31.3 Å². The number of para-hydroxylation sites is 2. The second kappa shape index (κ2) is 11.0. The molecule has 1 atom stereocenters. The minimum atomic E-state index is -1.05. The normalized spacial score (nSPS) is 11.6. The van der Waals surface area contributed by atoms with Gasteiger partial charge in [0.25, 0.3) is 5.91 Å². The fourth-order valence-electron chi connectivity index (χ4n) is 2.65. The zero-order valence-corrected chi connectivity index (χ0v) is 18.9. The average molecular weight is 512 g/mol. The first kappa shape index (κ1) is 23.6. The molecule has 0 unspecified atom stereocenters. The fourth-order valence-corrected chi connectivity index (χ4v) is 3.03. The van der Waals surface area contributed by atoms with E-state index in [-0.39, 0.29) is 17.2 Å². The summed E-state index contributed by atoms with van der Waals surface area (Å²) in [6, 6.07) is 19.2. The van der Waals surface area contributed by atoms with Crippen LogP contribution in [0.1, 0.15) is 22.8 Å². The van der Waals surface area contributed by atoms with Crippen LogP contribution in [0.3, 0.4) is 0 Å². The zero-order chi connectivity index (χ0) is 23.8. The highest BCUT2D eigenvalue weighted by Gasteiger charge is 2.20. The van der Waals surface area contributed by atoms with Crippen LogP contribution in [0.2, 0.25) is 0 Å². The summed E-state index contributed by atoms with van der Waals surface area (Å²) in [4.78, 5) is 35.2. The maximum absolute atomic E-state index is 12.4. The molecule has 0 saturated heterocycles. The smallest absolute Gasteiger partial charge is 0.343 e. The molecular weight excluding hydrogens is 494 g/mol. The van der Waals surface area contributed by atoms with Crippen LogP contribution < -0.4 is 14.9 Å². The molecule has 3 aromatic rings. The van der Waals surface area contributed by atoms with Gasteiger partial charge in [0, 0.05) is 16.1 Å². The van der Waals surface area contributed by atoms with Crippen LogP contribution >= 0.6 is 15.9 Å². The lowest BCUT2D eigenvalue weighted by atomic mass is 10.2. The van der Waals surface area contributed by atoms with Gasteiger partial charge < -0.3 is 9.47 Å². The first-order chi connectivity index (χ1) is 15.8. The van der Waals surface area contributed by atoms with E-state index < -0.39 is 22.9 Å². The lowest BCUT2D eigenvalue weighted by molar-refractivity contribution is -0.386. The highest BCUT2D eigenvalue weighted by molar-refractivity contribution is 9.10. The third-order valence-corrected chi connectivity index (χ3v) is 4.79. The molecule has 33 heavy (non-hydrogen) atoms. The summed E-state index contributed by atoms with van der Waals surface area (Å²) in [6.45, 7) is 1.44. The summed E-state index contributed by atoms with van der Waals surface area (Å²) in [6.07, 6.45) is 0.259. The molecule has 1 amide bonds. The minimum absolute atomic E-state index is 0.0313. The second-order valence-corrected chi connectivity index (χ2v) is 7.57. The Morgan fingerprint density at radius 1 is 1.06 bits per heavy atom. The molecule has 3 rings (SSSR count). The molecule has 1 N–H and O–H groups in total. The Morgan fingerprint density at radius 3 is 2.48 bits per heavy atom. The van der Waals surface area contributed by atoms with Gasteiger partial charge in [0.05, 0.1) is 16.7 Å². The van der Waals surface area contributed by atoms with Gasteiger partial charge in [-0.05, 0) is 43.3 Å². The Morgan fingerprint density at radius 2 is 1.76 bits per heavy atom. The van der Waals surface area contributed by atoms with Gasteiger partial charge in [-0.2, -0.15) is 5.10 Å². The SMILES string of the molecule is C[C@@H](Oc1ccccc1[N+](=O)[O-])C(=O)N/N=C\c1cc(Br)ccc1OC(=O)c1ccccc1. The largest absolute Gasteiger partial charge is 0.474 e. The molecule has 0 heterocycles. The van der Waals surface area contributed by atoms with Crippen LogP contribution in [-0.2, 0) is 4.79 Å². The van der Waals surface area contributed by atoms with Crippen LogP contribution in [0.5, 0.6) is 11.5 Å². The molecule has 10 heteroatoms. The number of rotatable bonds is 8. The topological polar surface area (TPSA) is 120 Å². The van der Waals surface area contributed by atoms with Gasteiger partial charge >= 0.3 is 11.7 Å². The number of carbonyl (C=O) groups is 2. The molecule has 0 aliphatic rings. The fraction of sp³-hybridized carbons (Fsp3) is 0.0870. The number of nitrogens with one attached hydrogen (secondary N) is 1. The standard InChI is InChI=1S/C23H18BrN3O6/c1-15(32-21-10-6-5-9-19(21)27(30)31)22(28)26-25-14-17-13-18(24)11-12-20(17)33-23(29)16-7-3-2-4-8-16/h2-15H,1H3,(H,26,28)/b25-14-/t15-/m1/s1. The summed E-state index contributed by atoms with van der Waals surface area (Å²) in [5.41, 5.74) is 2.88. The molecule has 0 bridgehead atoms. The van der Waals surface area contributed by atoms with E-state index in [0.717, 1.165) is 0 Å². The highest BCUT2D eigenvalue weighted by atomic mass is 79.9. The third-order valence-electron chi connectivity index (χ3n) is 4.30. The Bertz CT molecular complexity index is 1200. The van der Waals surface area contributed by atoms with Crippen LogP contribution in [-0.4, -0.2) is 29.1 Å². The number of hydrazone groups is 1. The summed E-state index contributed by atoms with van der Waals surface area (Å²) < 4.78 is 11.6. The average Bonchev–Trinajstić information content (AvgIpc) is 2.81. The lowest BCUT2D eigenvalue weighted by Crippen LogP contribution is -2.33. The molecule has 0 spiro atoms. The molecular formula is C23H18BrN3O6. The Labute approximate surface area is 197 Å². The van der Waals surface area contributed by atoms with E-state index in [1.54, 1.807) is 54.6 Å². The van der Waals surface area contributed by atoms with Crippen molar-refractivity contribution >= 4 is 39.7 Å². The minimum Gasteiger partial charge on any atom is -0.474 e. The van der Waals surface area contributed by atoms with Crippen LogP contribution in [0.15, 0.2) is 82.4 Å². The third kappa shape index (κ3) is 6.47. The van der Waals surface area contributed by atoms with E-state index in [0.29, 0.717) is 15.6 Å². The van der Waals surface area contributed by atoms with Gasteiger partial charge in [-0.3, -0.25) is 14.9 Å². The number of halogens is 1. The molecule has 0 aliphatic heterocycles. The number of carbonyl (C=O) groups excluding carboxylic acids is 2. The van der Waals surface area contributed by atoms with E-state index in [1.807, 2.05) is 0 Å². The predicted octanol–water partition coefficient (Wildman–Crippen LogP) is 4.49. The summed E-state index contributed by atoms with van der Waals surface area (Å²) in [7, 11) is 0. The van der Waals surface area contributed by atoms with Gasteiger partial charge in [0.15, 0.2) is 11.9 Å². The van der Waals surface area contributed by atoms with Gasteiger partial charge in [-0.25, -0.2) is 10.2 Å². The van der Waals surface area contributed by atoms with E-state index >= 15 is 0 Å². The Hall–Kier alpha value is -4.05. The summed E-state index contributed by atoms with van der Waals surface area (Å²) in [5.74, 6) is -0.948. The number of nitrogens with zero attached hydrogens (tertiary/aromatic N) is 2. The number of nitro benzene ring substituents is 1. The van der Waals surface area contributed by atoms with E-state index in [4.69, 9.17) is 9.47 Å². The number of nitro groups is 1. The monoisotopic (exact) mass is 511 g/mol. The second-order valence-electron chi connectivity index (χ2n) is 6.66. The maximum Gasteiger partial charge on any atom is 0.343 e. The van der Waals surface area contributed by atoms with Crippen molar-refractivity contribution in [3.63, 3.8) is 0 Å². The van der Waals surface area contributed by atoms with Gasteiger partial charge in [-0.1, -0.05) is 46.3 Å². The van der Waals surface area contributed by atoms with E-state index in [2.05, 4.69) is 26.5 Å². The molecule has 0 aliphatic carbocycles. The number of esters is 1. The Balaban J connectivity index is 1.67. The first-order valence-corrected chi connectivity index (χ1v) is 10.4. The van der Waals surface area contributed by atoms with Crippen molar-refractivity contribution in [1.29, 1.82) is 0 Å². The number of amides is 1. The number of hydrogen-bond acceptors (Lipinski definition) is 7. The lowest BCUT2D eigenvalue weighted by Gasteiger charge is -2.13. The van der Waals surface area contributed by atoms with Crippen molar-refractivity contribution in [3.05, 3.63) is 98.5 Å². The summed E-state index contributed by atoms with van der Waals surface area (Å²) in [5, 5.41) is 15.0. The molecule has 0 saturated carbocycles. The molecule has 0 radical (unpaired) electrons. The maximum atomic E-state index is 12.4.